The second-order valence-corrected chi connectivity index (χ2v) is 6.03. The zero-order valence-electron chi connectivity index (χ0n) is 14.9. The van der Waals surface area contributed by atoms with Gasteiger partial charge < -0.3 is 14.0 Å². The Labute approximate surface area is 151 Å². The molecule has 0 aliphatic rings. The van der Waals surface area contributed by atoms with Crippen molar-refractivity contribution in [2.24, 2.45) is 0 Å². The van der Waals surface area contributed by atoms with E-state index >= 15 is 0 Å². The van der Waals surface area contributed by atoms with Crippen molar-refractivity contribution in [3.63, 3.8) is 0 Å². The highest BCUT2D eigenvalue weighted by Crippen LogP contribution is 2.18. The summed E-state index contributed by atoms with van der Waals surface area (Å²) in [4.78, 5) is 24.5. The van der Waals surface area contributed by atoms with E-state index in [4.69, 9.17) is 9.47 Å². The molecule has 0 bridgehead atoms. The SMILES string of the molecule is CCCOC(=O)c1ccc(Cn2ccc3cc(OC)ccc3c2=O)cc1. The summed E-state index contributed by atoms with van der Waals surface area (Å²) in [5.74, 6) is 0.399. The third-order valence-corrected chi connectivity index (χ3v) is 4.16. The van der Waals surface area contributed by atoms with E-state index in [1.54, 1.807) is 42.1 Å². The minimum Gasteiger partial charge on any atom is -0.497 e. The van der Waals surface area contributed by atoms with Gasteiger partial charge in [0.05, 0.1) is 25.8 Å². The maximum absolute atomic E-state index is 12.7. The number of hydrogen-bond acceptors (Lipinski definition) is 4. The number of hydrogen-bond donors (Lipinski definition) is 0. The molecule has 3 rings (SSSR count). The van der Waals surface area contributed by atoms with E-state index in [0.717, 1.165) is 23.1 Å². The molecular formula is C21H21NO4. The fraction of sp³-hybridized carbons (Fsp3) is 0.238. The number of rotatable bonds is 6. The van der Waals surface area contributed by atoms with Crippen LogP contribution in [0.4, 0.5) is 0 Å². The molecule has 3 aromatic rings. The van der Waals surface area contributed by atoms with Crippen LogP contribution in [0.25, 0.3) is 10.8 Å². The summed E-state index contributed by atoms with van der Waals surface area (Å²) in [6.07, 6.45) is 2.56. The van der Waals surface area contributed by atoms with Crippen LogP contribution in [0.2, 0.25) is 0 Å². The standard InChI is InChI=1S/C21H21NO4/c1-3-12-26-21(24)16-6-4-15(5-7-16)14-22-11-10-17-13-18(25-2)8-9-19(17)20(22)23/h4-11,13H,3,12,14H2,1-2H3. The van der Waals surface area contributed by atoms with E-state index in [-0.39, 0.29) is 11.5 Å². The van der Waals surface area contributed by atoms with Crippen LogP contribution >= 0.6 is 0 Å². The van der Waals surface area contributed by atoms with E-state index in [9.17, 15) is 9.59 Å². The Morgan fingerprint density at radius 3 is 2.54 bits per heavy atom. The van der Waals surface area contributed by atoms with Crippen molar-refractivity contribution in [3.8, 4) is 5.75 Å². The van der Waals surface area contributed by atoms with Crippen molar-refractivity contribution in [1.82, 2.24) is 4.57 Å². The number of fused-ring (bicyclic) bond motifs is 1. The van der Waals surface area contributed by atoms with Gasteiger partial charge >= 0.3 is 5.97 Å². The first-order valence-electron chi connectivity index (χ1n) is 8.55. The third kappa shape index (κ3) is 3.77. The average Bonchev–Trinajstić information content (AvgIpc) is 2.68. The van der Waals surface area contributed by atoms with Gasteiger partial charge in [0.2, 0.25) is 0 Å². The first-order chi connectivity index (χ1) is 12.6. The van der Waals surface area contributed by atoms with Gasteiger partial charge in [0, 0.05) is 11.6 Å². The number of carbonyl (C=O) groups excluding carboxylic acids is 1. The van der Waals surface area contributed by atoms with Crippen LogP contribution in [0.1, 0.15) is 29.3 Å². The first-order valence-corrected chi connectivity index (χ1v) is 8.55. The van der Waals surface area contributed by atoms with Gasteiger partial charge in [0.15, 0.2) is 0 Å². The minimum absolute atomic E-state index is 0.0587. The molecular weight excluding hydrogens is 330 g/mol. The monoisotopic (exact) mass is 351 g/mol. The summed E-state index contributed by atoms with van der Waals surface area (Å²) in [5.41, 5.74) is 1.39. The van der Waals surface area contributed by atoms with Crippen LogP contribution in [0.3, 0.4) is 0 Å². The highest BCUT2D eigenvalue weighted by Gasteiger charge is 2.08. The van der Waals surface area contributed by atoms with Gasteiger partial charge in [-0.15, -0.1) is 0 Å². The molecule has 0 amide bonds. The quantitative estimate of drug-likeness (QED) is 0.637. The summed E-state index contributed by atoms with van der Waals surface area (Å²) in [7, 11) is 1.60. The lowest BCUT2D eigenvalue weighted by molar-refractivity contribution is 0.0505. The van der Waals surface area contributed by atoms with Crippen molar-refractivity contribution in [2.75, 3.05) is 13.7 Å². The van der Waals surface area contributed by atoms with Crippen molar-refractivity contribution < 1.29 is 14.3 Å². The molecule has 0 radical (unpaired) electrons. The van der Waals surface area contributed by atoms with Gasteiger partial charge in [-0.2, -0.15) is 0 Å². The predicted octanol–water partition coefficient (Wildman–Crippen LogP) is 3.63. The van der Waals surface area contributed by atoms with E-state index in [1.807, 2.05) is 31.2 Å². The maximum atomic E-state index is 12.7. The van der Waals surface area contributed by atoms with Crippen LogP contribution in [-0.4, -0.2) is 24.3 Å². The molecule has 26 heavy (non-hydrogen) atoms. The zero-order valence-corrected chi connectivity index (χ0v) is 14.9. The van der Waals surface area contributed by atoms with Gasteiger partial charge in [-0.1, -0.05) is 19.1 Å². The van der Waals surface area contributed by atoms with Crippen molar-refractivity contribution in [2.45, 2.75) is 19.9 Å². The summed E-state index contributed by atoms with van der Waals surface area (Å²) in [5, 5.41) is 1.49. The summed E-state index contributed by atoms with van der Waals surface area (Å²) in [6, 6.07) is 14.4. The Bertz CT molecular complexity index is 973. The molecule has 1 aromatic heterocycles. The fourth-order valence-corrected chi connectivity index (χ4v) is 2.74. The van der Waals surface area contributed by atoms with Crippen molar-refractivity contribution in [1.29, 1.82) is 0 Å². The lowest BCUT2D eigenvalue weighted by atomic mass is 10.1. The van der Waals surface area contributed by atoms with Crippen LogP contribution < -0.4 is 10.3 Å². The summed E-state index contributed by atoms with van der Waals surface area (Å²) in [6.45, 7) is 2.80. The number of methoxy groups -OCH3 is 1. The molecule has 2 aromatic carbocycles. The van der Waals surface area contributed by atoms with Gasteiger partial charge in [-0.05, 0) is 53.8 Å². The molecule has 0 aliphatic carbocycles. The number of carbonyl (C=O) groups is 1. The maximum Gasteiger partial charge on any atom is 0.338 e. The van der Waals surface area contributed by atoms with E-state index in [2.05, 4.69) is 0 Å². The lowest BCUT2D eigenvalue weighted by Crippen LogP contribution is -2.20. The average molecular weight is 351 g/mol. The molecule has 0 N–H and O–H groups in total. The Hall–Kier alpha value is -3.08. The molecule has 0 spiro atoms. The fourth-order valence-electron chi connectivity index (χ4n) is 2.74. The van der Waals surface area contributed by atoms with E-state index < -0.39 is 0 Å². The minimum atomic E-state index is -0.324. The topological polar surface area (TPSA) is 57.5 Å². The van der Waals surface area contributed by atoms with E-state index in [0.29, 0.717) is 24.1 Å². The molecule has 5 nitrogen and oxygen atoms in total. The van der Waals surface area contributed by atoms with Gasteiger partial charge in [-0.3, -0.25) is 4.79 Å². The van der Waals surface area contributed by atoms with Crippen molar-refractivity contribution >= 4 is 16.7 Å². The predicted molar refractivity (Wildman–Crippen MR) is 101 cm³/mol. The number of esters is 1. The number of ether oxygens (including phenoxy) is 2. The molecule has 0 aliphatic heterocycles. The highest BCUT2D eigenvalue weighted by atomic mass is 16.5. The zero-order chi connectivity index (χ0) is 18.5. The van der Waals surface area contributed by atoms with Crippen LogP contribution in [0, 0.1) is 0 Å². The second kappa shape index (κ2) is 7.87. The van der Waals surface area contributed by atoms with Crippen LogP contribution in [0.5, 0.6) is 5.75 Å². The van der Waals surface area contributed by atoms with Crippen LogP contribution in [0.15, 0.2) is 59.5 Å². The third-order valence-electron chi connectivity index (χ3n) is 4.16. The molecule has 1 heterocycles. The normalized spacial score (nSPS) is 10.7. The Morgan fingerprint density at radius 2 is 1.85 bits per heavy atom. The number of benzene rings is 2. The lowest BCUT2D eigenvalue weighted by Gasteiger charge is -2.09. The molecule has 0 fully saturated rings. The molecule has 0 saturated carbocycles. The molecule has 5 heteroatoms. The highest BCUT2D eigenvalue weighted by molar-refractivity contribution is 5.89. The number of aromatic nitrogens is 1. The van der Waals surface area contributed by atoms with Gasteiger partial charge in [0.1, 0.15) is 5.75 Å². The van der Waals surface area contributed by atoms with Gasteiger partial charge in [-0.25, -0.2) is 4.79 Å². The Balaban J connectivity index is 1.81. The largest absolute Gasteiger partial charge is 0.497 e. The second-order valence-electron chi connectivity index (χ2n) is 6.03. The summed E-state index contributed by atoms with van der Waals surface area (Å²) < 4.78 is 12.0. The number of nitrogens with zero attached hydrogens (tertiary/aromatic N) is 1. The number of pyridine rings is 1. The Kier molecular flexibility index (Phi) is 5.37. The van der Waals surface area contributed by atoms with Gasteiger partial charge in [0.25, 0.3) is 5.56 Å². The Morgan fingerprint density at radius 1 is 1.08 bits per heavy atom. The van der Waals surface area contributed by atoms with Crippen LogP contribution in [-0.2, 0) is 11.3 Å². The molecule has 0 saturated heterocycles. The first kappa shape index (κ1) is 17.7. The molecule has 0 atom stereocenters. The molecule has 0 unspecified atom stereocenters. The summed E-state index contributed by atoms with van der Waals surface area (Å²) >= 11 is 0. The smallest absolute Gasteiger partial charge is 0.338 e. The van der Waals surface area contributed by atoms with E-state index in [1.165, 1.54) is 0 Å². The van der Waals surface area contributed by atoms with Crippen molar-refractivity contribution in [3.05, 3.63) is 76.2 Å². The molecule has 134 valence electrons.